The van der Waals surface area contributed by atoms with E-state index in [4.69, 9.17) is 16.3 Å². The third kappa shape index (κ3) is 2.63. The first-order valence-electron chi connectivity index (χ1n) is 5.97. The molecule has 0 saturated heterocycles. The van der Waals surface area contributed by atoms with Gasteiger partial charge in [0.15, 0.2) is 0 Å². The summed E-state index contributed by atoms with van der Waals surface area (Å²) < 4.78 is 10.3. The number of methoxy groups -OCH3 is 1. The number of hydrogen-bond acceptors (Lipinski definition) is 4. The van der Waals surface area contributed by atoms with Crippen molar-refractivity contribution in [1.82, 2.24) is 4.98 Å². The number of ether oxygens (including phenoxy) is 2. The van der Waals surface area contributed by atoms with Gasteiger partial charge in [-0.05, 0) is 12.5 Å². The fourth-order valence-electron chi connectivity index (χ4n) is 1.74. The van der Waals surface area contributed by atoms with Crippen LogP contribution < -0.4 is 4.74 Å². The van der Waals surface area contributed by atoms with Crippen LogP contribution >= 0.6 is 11.6 Å². The molecule has 2 rings (SSSR count). The Bertz CT molecular complexity index is 613. The summed E-state index contributed by atoms with van der Waals surface area (Å²) in [6, 6.07) is 5.46. The number of pyridine rings is 1. The van der Waals surface area contributed by atoms with E-state index in [1.807, 2.05) is 19.1 Å². The fraction of sp³-hybridized carbons (Fsp3) is 0.286. The van der Waals surface area contributed by atoms with Crippen molar-refractivity contribution in [1.29, 1.82) is 0 Å². The molecule has 0 aliphatic heterocycles. The van der Waals surface area contributed by atoms with Crippen LogP contribution in [-0.4, -0.2) is 24.7 Å². The van der Waals surface area contributed by atoms with Crippen LogP contribution in [0.3, 0.4) is 0 Å². The maximum atomic E-state index is 11.6. The van der Waals surface area contributed by atoms with Crippen molar-refractivity contribution < 1.29 is 14.3 Å². The van der Waals surface area contributed by atoms with Gasteiger partial charge in [0.2, 0.25) is 0 Å². The maximum Gasteiger partial charge on any atom is 0.340 e. The number of para-hydroxylation sites is 1. The number of aromatic nitrogens is 1. The highest BCUT2D eigenvalue weighted by Gasteiger charge is 2.16. The SMILES string of the molecule is CCCOc1cccc2c(Cl)c(C(=O)OC)cnc12. The number of esters is 1. The lowest BCUT2D eigenvalue weighted by Gasteiger charge is -2.10. The van der Waals surface area contributed by atoms with Crippen LogP contribution in [-0.2, 0) is 4.74 Å². The van der Waals surface area contributed by atoms with Crippen LogP contribution in [0.4, 0.5) is 0 Å². The fourth-order valence-corrected chi connectivity index (χ4v) is 2.02. The van der Waals surface area contributed by atoms with Crippen molar-refractivity contribution in [2.24, 2.45) is 0 Å². The molecule has 1 aromatic carbocycles. The first-order valence-corrected chi connectivity index (χ1v) is 6.35. The second-order valence-corrected chi connectivity index (χ2v) is 4.36. The van der Waals surface area contributed by atoms with Gasteiger partial charge in [-0.2, -0.15) is 0 Å². The quantitative estimate of drug-likeness (QED) is 0.804. The molecule has 0 amide bonds. The van der Waals surface area contributed by atoms with Gasteiger partial charge in [-0.25, -0.2) is 4.79 Å². The first-order chi connectivity index (χ1) is 9.19. The minimum atomic E-state index is -0.501. The molecule has 0 fully saturated rings. The molecule has 0 saturated carbocycles. The highest BCUT2D eigenvalue weighted by atomic mass is 35.5. The predicted octanol–water partition coefficient (Wildman–Crippen LogP) is 3.46. The Hall–Kier alpha value is -1.81. The Morgan fingerprint density at radius 3 is 2.89 bits per heavy atom. The molecule has 0 bridgehead atoms. The van der Waals surface area contributed by atoms with Crippen molar-refractivity contribution in [3.8, 4) is 5.75 Å². The Morgan fingerprint density at radius 2 is 2.21 bits per heavy atom. The number of hydrogen-bond donors (Lipinski definition) is 0. The van der Waals surface area contributed by atoms with Crippen molar-refractivity contribution in [2.75, 3.05) is 13.7 Å². The molecular formula is C14H14ClNO3. The van der Waals surface area contributed by atoms with E-state index in [1.165, 1.54) is 13.3 Å². The molecular weight excluding hydrogens is 266 g/mol. The standard InChI is InChI=1S/C14H14ClNO3/c1-3-7-19-11-6-4-5-9-12(15)10(14(17)18-2)8-16-13(9)11/h4-6,8H,3,7H2,1-2H3. The number of fused-ring (bicyclic) bond motifs is 1. The molecule has 100 valence electrons. The monoisotopic (exact) mass is 279 g/mol. The van der Waals surface area contributed by atoms with Crippen molar-refractivity contribution in [3.05, 3.63) is 35.0 Å². The predicted molar refractivity (Wildman–Crippen MR) is 73.9 cm³/mol. The Labute approximate surface area is 116 Å². The van der Waals surface area contributed by atoms with E-state index in [0.29, 0.717) is 28.3 Å². The average Bonchev–Trinajstić information content (AvgIpc) is 2.45. The molecule has 2 aromatic rings. The minimum absolute atomic E-state index is 0.254. The number of benzene rings is 1. The zero-order chi connectivity index (χ0) is 13.8. The van der Waals surface area contributed by atoms with Crippen molar-refractivity contribution >= 4 is 28.5 Å². The highest BCUT2D eigenvalue weighted by Crippen LogP contribution is 2.31. The van der Waals surface area contributed by atoms with Crippen molar-refractivity contribution in [2.45, 2.75) is 13.3 Å². The summed E-state index contributed by atoms with van der Waals surface area (Å²) in [5, 5.41) is 1.01. The average molecular weight is 280 g/mol. The number of rotatable bonds is 4. The van der Waals surface area contributed by atoms with Gasteiger partial charge in [-0.15, -0.1) is 0 Å². The van der Waals surface area contributed by atoms with Crippen LogP contribution in [0.15, 0.2) is 24.4 Å². The molecule has 19 heavy (non-hydrogen) atoms. The number of nitrogens with zero attached hydrogens (tertiary/aromatic N) is 1. The summed E-state index contributed by atoms with van der Waals surface area (Å²) in [6.45, 7) is 2.64. The molecule has 1 aromatic heterocycles. The van der Waals surface area contributed by atoms with Crippen LogP contribution in [0.1, 0.15) is 23.7 Å². The summed E-state index contributed by atoms with van der Waals surface area (Å²) in [6.07, 6.45) is 2.32. The van der Waals surface area contributed by atoms with Crippen LogP contribution in [0.2, 0.25) is 5.02 Å². The summed E-state index contributed by atoms with van der Waals surface area (Å²) in [5.74, 6) is 0.164. The van der Waals surface area contributed by atoms with Gasteiger partial charge >= 0.3 is 5.97 Å². The van der Waals surface area contributed by atoms with E-state index in [2.05, 4.69) is 9.72 Å². The number of carbonyl (C=O) groups excluding carboxylic acids is 1. The minimum Gasteiger partial charge on any atom is -0.491 e. The van der Waals surface area contributed by atoms with Gasteiger partial charge in [0.1, 0.15) is 11.3 Å². The van der Waals surface area contributed by atoms with E-state index < -0.39 is 5.97 Å². The van der Waals surface area contributed by atoms with Gasteiger partial charge in [-0.3, -0.25) is 4.98 Å². The van der Waals surface area contributed by atoms with Gasteiger partial charge in [0.05, 0.1) is 24.3 Å². The second kappa shape index (κ2) is 5.89. The van der Waals surface area contributed by atoms with Crippen LogP contribution in [0, 0.1) is 0 Å². The summed E-state index contributed by atoms with van der Waals surface area (Å²) >= 11 is 6.22. The topological polar surface area (TPSA) is 48.4 Å². The second-order valence-electron chi connectivity index (χ2n) is 3.98. The molecule has 0 radical (unpaired) electrons. The van der Waals surface area contributed by atoms with E-state index in [0.717, 1.165) is 6.42 Å². The van der Waals surface area contributed by atoms with Gasteiger partial charge in [-0.1, -0.05) is 30.7 Å². The molecule has 4 nitrogen and oxygen atoms in total. The highest BCUT2D eigenvalue weighted by molar-refractivity contribution is 6.38. The third-order valence-corrected chi connectivity index (χ3v) is 3.07. The Balaban J connectivity index is 2.55. The molecule has 0 spiro atoms. The van der Waals surface area contributed by atoms with Gasteiger partial charge in [0.25, 0.3) is 0 Å². The Morgan fingerprint density at radius 1 is 1.42 bits per heavy atom. The molecule has 0 atom stereocenters. The lowest BCUT2D eigenvalue weighted by molar-refractivity contribution is 0.0600. The lowest BCUT2D eigenvalue weighted by atomic mass is 10.1. The zero-order valence-electron chi connectivity index (χ0n) is 10.8. The molecule has 1 heterocycles. The van der Waals surface area contributed by atoms with E-state index >= 15 is 0 Å². The van der Waals surface area contributed by atoms with Crippen molar-refractivity contribution in [3.63, 3.8) is 0 Å². The van der Waals surface area contributed by atoms with Crippen LogP contribution in [0.25, 0.3) is 10.9 Å². The summed E-state index contributed by atoms with van der Waals surface area (Å²) in [4.78, 5) is 15.8. The van der Waals surface area contributed by atoms with Gasteiger partial charge in [0, 0.05) is 11.6 Å². The largest absolute Gasteiger partial charge is 0.491 e. The number of carbonyl (C=O) groups is 1. The summed E-state index contributed by atoms with van der Waals surface area (Å²) in [5.41, 5.74) is 0.901. The lowest BCUT2D eigenvalue weighted by Crippen LogP contribution is -2.04. The molecule has 0 aliphatic rings. The third-order valence-electron chi connectivity index (χ3n) is 2.66. The molecule has 0 N–H and O–H groups in total. The molecule has 5 heteroatoms. The Kier molecular flexibility index (Phi) is 4.22. The van der Waals surface area contributed by atoms with E-state index in [9.17, 15) is 4.79 Å². The van der Waals surface area contributed by atoms with Crippen LogP contribution in [0.5, 0.6) is 5.75 Å². The van der Waals surface area contributed by atoms with Gasteiger partial charge < -0.3 is 9.47 Å². The zero-order valence-corrected chi connectivity index (χ0v) is 11.5. The normalized spacial score (nSPS) is 10.5. The molecule has 0 unspecified atom stereocenters. The molecule has 0 aliphatic carbocycles. The van der Waals surface area contributed by atoms with E-state index in [-0.39, 0.29) is 5.56 Å². The smallest absolute Gasteiger partial charge is 0.340 e. The summed E-state index contributed by atoms with van der Waals surface area (Å²) in [7, 11) is 1.31. The first kappa shape index (κ1) is 13.6. The maximum absolute atomic E-state index is 11.6. The van der Waals surface area contributed by atoms with E-state index in [1.54, 1.807) is 6.07 Å². The number of halogens is 1.